The van der Waals surface area contributed by atoms with Crippen molar-refractivity contribution < 1.29 is 9.47 Å². The minimum atomic E-state index is 0.443. The van der Waals surface area contributed by atoms with Gasteiger partial charge in [-0.25, -0.2) is 0 Å². The minimum Gasteiger partial charge on any atom is -0.426 e. The van der Waals surface area contributed by atoms with Gasteiger partial charge in [0.2, 0.25) is 0 Å². The van der Waals surface area contributed by atoms with Crippen LogP contribution in [0.15, 0.2) is 60.6 Å². The lowest BCUT2D eigenvalue weighted by molar-refractivity contribution is 0.223. The molecular formula is C18H18Cl2O2. The third kappa shape index (κ3) is 5.63. The number of halogens is 2. The predicted octanol–water partition coefficient (Wildman–Crippen LogP) is 6.34. The van der Waals surface area contributed by atoms with Crippen LogP contribution in [0.4, 0.5) is 0 Å². The van der Waals surface area contributed by atoms with Gasteiger partial charge in [0.15, 0.2) is 0 Å². The molecule has 0 fully saturated rings. The topological polar surface area (TPSA) is 18.5 Å². The van der Waals surface area contributed by atoms with Gasteiger partial charge in [0.25, 0.3) is 5.95 Å². The van der Waals surface area contributed by atoms with E-state index in [1.807, 2.05) is 6.08 Å². The van der Waals surface area contributed by atoms with Crippen LogP contribution in [0.25, 0.3) is 0 Å². The Hall–Kier alpha value is -1.64. The molecule has 4 heteroatoms. The third-order valence-corrected chi connectivity index (χ3v) is 3.32. The summed E-state index contributed by atoms with van der Waals surface area (Å²) in [6.45, 7) is 4.28. The fourth-order valence-corrected chi connectivity index (χ4v) is 1.93. The normalized spacial score (nSPS) is 10.4. The number of ether oxygens (including phenoxy) is 2. The van der Waals surface area contributed by atoms with E-state index in [1.165, 1.54) is 0 Å². The molecule has 0 aliphatic heterocycles. The molecular weight excluding hydrogens is 319 g/mol. The summed E-state index contributed by atoms with van der Waals surface area (Å²) >= 11 is 11.8. The number of benzene rings is 2. The summed E-state index contributed by atoms with van der Waals surface area (Å²) in [5.41, 5.74) is 0. The molecule has 2 rings (SSSR count). The van der Waals surface area contributed by atoms with Crippen LogP contribution < -0.4 is 9.47 Å². The van der Waals surface area contributed by atoms with Crippen molar-refractivity contribution in [3.8, 4) is 11.5 Å². The first-order chi connectivity index (χ1) is 10.5. The Morgan fingerprint density at radius 3 is 1.64 bits per heavy atom. The maximum Gasteiger partial charge on any atom is 0.286 e. The average molecular weight is 337 g/mol. The van der Waals surface area contributed by atoms with Gasteiger partial charge in [-0.05, 0) is 66.9 Å². The highest BCUT2D eigenvalue weighted by molar-refractivity contribution is 6.30. The summed E-state index contributed by atoms with van der Waals surface area (Å²) in [6, 6.07) is 14.3. The van der Waals surface area contributed by atoms with Gasteiger partial charge < -0.3 is 9.47 Å². The van der Waals surface area contributed by atoms with Gasteiger partial charge in [0.1, 0.15) is 11.5 Å². The molecule has 0 aliphatic carbocycles. The fraction of sp³-hybridized carbons (Fsp3) is 0.222. The van der Waals surface area contributed by atoms with E-state index < -0.39 is 0 Å². The lowest BCUT2D eigenvalue weighted by atomic mass is 10.1. The van der Waals surface area contributed by atoms with Crippen LogP contribution in [-0.2, 0) is 0 Å². The van der Waals surface area contributed by atoms with Crippen LogP contribution in [0.2, 0.25) is 10.0 Å². The molecule has 2 nitrogen and oxygen atoms in total. The van der Waals surface area contributed by atoms with Gasteiger partial charge >= 0.3 is 0 Å². The largest absolute Gasteiger partial charge is 0.426 e. The van der Waals surface area contributed by atoms with Crippen molar-refractivity contribution >= 4 is 23.2 Å². The summed E-state index contributed by atoms with van der Waals surface area (Å²) in [7, 11) is 0. The monoisotopic (exact) mass is 336 g/mol. The van der Waals surface area contributed by atoms with Crippen molar-refractivity contribution in [2.24, 2.45) is 5.92 Å². The first kappa shape index (κ1) is 16.7. The first-order valence-corrected chi connectivity index (χ1v) is 7.85. The van der Waals surface area contributed by atoms with Crippen LogP contribution in [-0.4, -0.2) is 0 Å². The van der Waals surface area contributed by atoms with Crippen LogP contribution in [0.1, 0.15) is 20.3 Å². The Kier molecular flexibility index (Phi) is 6.17. The van der Waals surface area contributed by atoms with E-state index in [4.69, 9.17) is 32.7 Å². The molecule has 0 radical (unpaired) electrons. The van der Waals surface area contributed by atoms with E-state index in [0.717, 1.165) is 6.42 Å². The van der Waals surface area contributed by atoms with Crippen molar-refractivity contribution in [3.05, 3.63) is 70.6 Å². The molecule has 0 spiro atoms. The standard InChI is InChI=1S/C18H18Cl2O2/c1-13(2)3-12-18(21-16-8-4-14(19)5-9-16)22-17-10-6-15(20)7-11-17/h4-13H,3H2,1-2H3. The Bertz CT molecular complexity index is 567. The van der Waals surface area contributed by atoms with Crippen LogP contribution in [0.5, 0.6) is 11.5 Å². The molecule has 116 valence electrons. The number of allylic oxidation sites excluding steroid dienone is 1. The summed E-state index contributed by atoms with van der Waals surface area (Å²) < 4.78 is 11.6. The van der Waals surface area contributed by atoms with E-state index in [-0.39, 0.29) is 0 Å². The molecule has 2 aromatic carbocycles. The lowest BCUT2D eigenvalue weighted by Gasteiger charge is -2.12. The average Bonchev–Trinajstić information content (AvgIpc) is 2.49. The van der Waals surface area contributed by atoms with Crippen molar-refractivity contribution in [3.63, 3.8) is 0 Å². The molecule has 0 aliphatic rings. The van der Waals surface area contributed by atoms with Gasteiger partial charge in [-0.3, -0.25) is 0 Å². The zero-order chi connectivity index (χ0) is 15.9. The fourth-order valence-electron chi connectivity index (χ4n) is 1.67. The molecule has 0 N–H and O–H groups in total. The second-order valence-electron chi connectivity index (χ2n) is 5.26. The molecule has 0 bridgehead atoms. The first-order valence-electron chi connectivity index (χ1n) is 7.10. The molecule has 0 aromatic heterocycles. The number of hydrogen-bond donors (Lipinski definition) is 0. The maximum absolute atomic E-state index is 5.88. The lowest BCUT2D eigenvalue weighted by Crippen LogP contribution is -2.04. The summed E-state index contributed by atoms with van der Waals surface area (Å²) in [6.07, 6.45) is 2.80. The van der Waals surface area contributed by atoms with Crippen LogP contribution in [0.3, 0.4) is 0 Å². The Morgan fingerprint density at radius 1 is 0.864 bits per heavy atom. The highest BCUT2D eigenvalue weighted by Crippen LogP contribution is 2.22. The van der Waals surface area contributed by atoms with Crippen molar-refractivity contribution in [1.29, 1.82) is 0 Å². The Balaban J connectivity index is 2.13. The van der Waals surface area contributed by atoms with Gasteiger partial charge in [0.05, 0.1) is 0 Å². The molecule has 22 heavy (non-hydrogen) atoms. The highest BCUT2D eigenvalue weighted by atomic mass is 35.5. The van der Waals surface area contributed by atoms with Crippen molar-refractivity contribution in [2.45, 2.75) is 20.3 Å². The summed E-state index contributed by atoms with van der Waals surface area (Å²) in [5.74, 6) is 2.30. The van der Waals surface area contributed by atoms with Crippen molar-refractivity contribution in [2.75, 3.05) is 0 Å². The third-order valence-electron chi connectivity index (χ3n) is 2.82. The maximum atomic E-state index is 5.88. The number of rotatable bonds is 6. The van der Waals surface area contributed by atoms with Gasteiger partial charge in [-0.15, -0.1) is 0 Å². The molecule has 0 unspecified atom stereocenters. The van der Waals surface area contributed by atoms with Gasteiger partial charge in [0, 0.05) is 10.0 Å². The van der Waals surface area contributed by atoms with Crippen molar-refractivity contribution in [1.82, 2.24) is 0 Å². The Morgan fingerprint density at radius 2 is 1.27 bits per heavy atom. The zero-order valence-electron chi connectivity index (χ0n) is 12.6. The molecule has 0 heterocycles. The molecule has 0 saturated heterocycles. The molecule has 0 saturated carbocycles. The smallest absolute Gasteiger partial charge is 0.286 e. The van der Waals surface area contributed by atoms with E-state index in [2.05, 4.69) is 13.8 Å². The summed E-state index contributed by atoms with van der Waals surface area (Å²) in [5, 5.41) is 1.33. The van der Waals surface area contributed by atoms with Gasteiger partial charge in [-0.2, -0.15) is 0 Å². The second kappa shape index (κ2) is 8.11. The number of hydrogen-bond acceptors (Lipinski definition) is 2. The quantitative estimate of drug-likeness (QED) is 0.573. The van der Waals surface area contributed by atoms with Gasteiger partial charge in [-0.1, -0.05) is 37.0 Å². The van der Waals surface area contributed by atoms with Crippen LogP contribution >= 0.6 is 23.2 Å². The highest BCUT2D eigenvalue weighted by Gasteiger charge is 2.06. The molecule has 2 aromatic rings. The van der Waals surface area contributed by atoms with E-state index in [0.29, 0.717) is 33.4 Å². The molecule has 0 atom stereocenters. The SMILES string of the molecule is CC(C)CC=C(Oc1ccc(Cl)cc1)Oc1ccc(Cl)cc1. The minimum absolute atomic E-state index is 0.443. The van der Waals surface area contributed by atoms with Crippen LogP contribution in [0, 0.1) is 5.92 Å². The molecule has 0 amide bonds. The Labute approximate surface area is 141 Å². The van der Waals surface area contributed by atoms with E-state index >= 15 is 0 Å². The zero-order valence-corrected chi connectivity index (χ0v) is 14.1. The second-order valence-corrected chi connectivity index (χ2v) is 6.14. The predicted molar refractivity (Wildman–Crippen MR) is 91.7 cm³/mol. The van der Waals surface area contributed by atoms with E-state index in [9.17, 15) is 0 Å². The summed E-state index contributed by atoms with van der Waals surface area (Å²) in [4.78, 5) is 0. The van der Waals surface area contributed by atoms with E-state index in [1.54, 1.807) is 48.5 Å².